The molecule has 4 aromatic heterocycles. The molecule has 0 aliphatic rings. The van der Waals surface area contributed by atoms with E-state index in [2.05, 4.69) is 0 Å². The average Bonchev–Trinajstić information content (AvgIpc) is 0.770. The molecular weight excluding hydrogens is 969 g/mol. The summed E-state index contributed by atoms with van der Waals surface area (Å²) in [6.07, 6.45) is 5.24. The zero-order chi connectivity index (χ0) is 75.0. The zero-order valence-corrected chi connectivity index (χ0v) is 43.9. The largest absolute Gasteiger partial charge is 0.212 e. The van der Waals surface area contributed by atoms with Gasteiger partial charge in [-0.15, -0.1) is 0 Å². The van der Waals surface area contributed by atoms with Crippen molar-refractivity contribution in [2.24, 2.45) is 28.2 Å². The number of hydrogen-bond donors (Lipinski definition) is 0. The summed E-state index contributed by atoms with van der Waals surface area (Å²) in [5.41, 5.74) is 14.0. The fourth-order valence-corrected chi connectivity index (χ4v) is 8.36. The molecule has 80 heavy (non-hydrogen) atoms. The fraction of sp³-hybridized carbons (Fsp3) is 0.421. The van der Waals surface area contributed by atoms with E-state index in [1.165, 1.54) is 27.7 Å². The van der Waals surface area contributed by atoms with Gasteiger partial charge in [-0.25, -0.2) is 18.3 Å². The topological polar surface area (TPSA) is 15.5 Å². The number of aryl methyl sites for hydroxylation is 13. The molecule has 440 valence electrons. The van der Waals surface area contributed by atoms with Crippen molar-refractivity contribution >= 4 is 0 Å². The highest BCUT2D eigenvalue weighted by Crippen LogP contribution is 2.28. The maximum Gasteiger partial charge on any atom is 0.212 e. The SMILES string of the molecule is C.C.C.C.C.C.C.C.[2H]C([2H])([2H])C([2H])(C)c1ccc(-c2ccc(C([2H])(C)C([2H])([2H])[2H])c[n+]2C)c(C)c1.[2H]C([2H])([2H])Cc1ccc(-c2ccc(C([2H])([2H])[2H])c[n+]2C)c(C)c1.[2H]C([2H])([2H])c1ccc(-c2ccc(C([2H])(C)C([2H])([2H])[2H])cc2C)[n+](C)c1.[2H]C([2H])([2H])c1ccc(-c2ccc(C([2H])([2H])C)c[n+]2C)c(C)c1. The highest BCUT2D eigenvalue weighted by molar-refractivity contribution is 5.64. The summed E-state index contributed by atoms with van der Waals surface area (Å²) in [7, 11) is 7.22. The summed E-state index contributed by atoms with van der Waals surface area (Å²) in [6.45, 7) is -2.52. The molecule has 0 N–H and O–H groups in total. The molecule has 4 aromatic carbocycles. The molecule has 4 heterocycles. The van der Waals surface area contributed by atoms with E-state index in [9.17, 15) is 0 Å². The molecule has 8 aromatic rings. The number of benzene rings is 4. The summed E-state index contributed by atoms with van der Waals surface area (Å²) >= 11 is 0. The molecule has 4 nitrogen and oxygen atoms in total. The van der Waals surface area contributed by atoms with Crippen molar-refractivity contribution in [2.45, 2.75) is 193 Å². The third-order valence-corrected chi connectivity index (χ3v) is 12.4. The van der Waals surface area contributed by atoms with Crippen LogP contribution in [-0.2, 0) is 41.0 Å². The monoisotopic (exact) mass is 1120 g/mol. The van der Waals surface area contributed by atoms with E-state index in [1.54, 1.807) is 151 Å². The Kier molecular flexibility index (Phi) is 19.4. The Labute approximate surface area is 532 Å². The lowest BCUT2D eigenvalue weighted by atomic mass is 9.95. The first kappa shape index (κ1) is 42.3. The predicted octanol–water partition coefficient (Wildman–Crippen LogP) is 20.5. The lowest BCUT2D eigenvalue weighted by molar-refractivity contribution is -0.661. The van der Waals surface area contributed by atoms with Crippen LogP contribution in [0.5, 0.6) is 0 Å². The van der Waals surface area contributed by atoms with Crippen LogP contribution in [-0.4, -0.2) is 0 Å². The van der Waals surface area contributed by atoms with Crippen molar-refractivity contribution in [1.29, 1.82) is 0 Å². The maximum atomic E-state index is 8.25. The van der Waals surface area contributed by atoms with E-state index in [0.29, 0.717) is 33.4 Å². The Bertz CT molecular complexity index is 4010. The van der Waals surface area contributed by atoms with Crippen LogP contribution in [0.25, 0.3) is 45.0 Å². The third-order valence-electron chi connectivity index (χ3n) is 12.4. The third kappa shape index (κ3) is 21.2. The maximum absolute atomic E-state index is 8.25. The van der Waals surface area contributed by atoms with Gasteiger partial charge in [0.05, 0.1) is 0 Å². The Morgan fingerprint density at radius 3 is 1.09 bits per heavy atom. The van der Waals surface area contributed by atoms with Crippen LogP contribution in [0, 0.1) is 48.3 Å². The Balaban J connectivity index is -0.000000640. The van der Waals surface area contributed by atoms with Gasteiger partial charge in [0.15, 0.2) is 24.8 Å². The van der Waals surface area contributed by atoms with Gasteiger partial charge in [0.25, 0.3) is 0 Å². The Hall–Kier alpha value is -6.52. The van der Waals surface area contributed by atoms with Crippen molar-refractivity contribution < 1.29 is 53.9 Å². The lowest BCUT2D eigenvalue weighted by Gasteiger charge is -2.11. The molecule has 0 fully saturated rings. The normalized spacial score (nSPS) is 18.1. The standard InChI is InChI=1S/C19H26N.C17H22N.2C16H20N.8CH4/c1-13(2)16-7-9-18(15(5)11-16)19-10-8-17(14(3)4)12-20(19)6;1-12(2)15-7-8-16(14(4)10-15)17-9-6-13(3)11-18(17)5;1-5-14-7-8-15(13(3)10-14)16-9-6-12(2)11-17(16)4;1-5-14-7-9-16(17(4)11-14)15-8-6-12(2)10-13(15)3;;;;;;;;/h7-14H,1-6H3;6-12H,1-5H3;2*6-11H,5H2,1-4H3;8*1H4/q4*+1;;;;;;;;/i1D3,3D3,13D,14D;1D3,3D3,12D;1D3,2D3;2D3,5D2;;;;;;;;. The highest BCUT2D eigenvalue weighted by atomic mass is 14.9. The van der Waals surface area contributed by atoms with Crippen molar-refractivity contribution in [3.63, 3.8) is 0 Å². The van der Waals surface area contributed by atoms with Crippen LogP contribution < -0.4 is 18.3 Å². The molecule has 3 unspecified atom stereocenters. The summed E-state index contributed by atoms with van der Waals surface area (Å²) in [6, 6.07) is 34.7. The molecule has 0 aliphatic carbocycles. The second-order valence-corrected chi connectivity index (χ2v) is 18.2. The van der Waals surface area contributed by atoms with Crippen LogP contribution in [0.2, 0.25) is 0 Å². The number of hydrogen-bond acceptors (Lipinski definition) is 0. The molecular formula is C76H120N4+4. The van der Waals surface area contributed by atoms with Gasteiger partial charge in [-0.2, -0.15) is 0 Å². The Morgan fingerprint density at radius 2 is 0.725 bits per heavy atom. The fourth-order valence-electron chi connectivity index (χ4n) is 8.36. The minimum absolute atomic E-state index is 0. The summed E-state index contributed by atoms with van der Waals surface area (Å²) < 4.78 is 205. The van der Waals surface area contributed by atoms with E-state index in [4.69, 9.17) is 35.6 Å². The van der Waals surface area contributed by atoms with E-state index in [1.807, 2.05) is 69.6 Å². The number of aromatic nitrogens is 4. The molecule has 4 heteroatoms. The van der Waals surface area contributed by atoms with E-state index >= 15 is 0 Å². The van der Waals surface area contributed by atoms with Crippen molar-refractivity contribution in [3.8, 4) is 45.0 Å². The van der Waals surface area contributed by atoms with Crippen molar-refractivity contribution in [2.75, 3.05) is 0 Å². The van der Waals surface area contributed by atoms with E-state index < -0.39 is 72.0 Å². The molecule has 0 amide bonds. The first-order valence-electron chi connectivity index (χ1n) is 36.7. The molecule has 0 aliphatic heterocycles. The summed E-state index contributed by atoms with van der Waals surface area (Å²) in [5.74, 6) is -5.13. The van der Waals surface area contributed by atoms with Crippen molar-refractivity contribution in [1.82, 2.24) is 0 Å². The number of nitrogens with zero attached hydrogens (tertiary/aromatic N) is 4. The van der Waals surface area contributed by atoms with Crippen LogP contribution in [0.4, 0.5) is 0 Å². The first-order chi connectivity index (χ1) is 44.2. The highest BCUT2D eigenvalue weighted by Gasteiger charge is 2.17. The molecule has 0 spiro atoms. The minimum atomic E-state index is -2.45. The summed E-state index contributed by atoms with van der Waals surface area (Å²) in [5, 5.41) is 0. The van der Waals surface area contributed by atoms with Gasteiger partial charge in [-0.1, -0.05) is 169 Å². The molecule has 0 radical (unpaired) electrons. The molecule has 8 rings (SSSR count). The van der Waals surface area contributed by atoms with Gasteiger partial charge in [-0.3, -0.25) is 0 Å². The van der Waals surface area contributed by atoms with Crippen molar-refractivity contribution in [3.05, 3.63) is 213 Å². The second-order valence-electron chi connectivity index (χ2n) is 18.2. The molecule has 0 saturated heterocycles. The van der Waals surface area contributed by atoms with E-state index in [-0.39, 0.29) is 71.4 Å². The summed E-state index contributed by atoms with van der Waals surface area (Å²) in [4.78, 5) is 0. The van der Waals surface area contributed by atoms with Gasteiger partial charge in [-0.05, 0) is 166 Å². The second kappa shape index (κ2) is 36.7. The van der Waals surface area contributed by atoms with Gasteiger partial charge in [0.1, 0.15) is 28.2 Å². The Morgan fingerprint density at radius 1 is 0.388 bits per heavy atom. The van der Waals surface area contributed by atoms with Crippen LogP contribution >= 0.6 is 0 Å². The smallest absolute Gasteiger partial charge is 0.201 e. The quantitative estimate of drug-likeness (QED) is 0.128. The predicted molar refractivity (Wildman–Crippen MR) is 360 cm³/mol. The van der Waals surface area contributed by atoms with Crippen LogP contribution in [0.1, 0.15) is 235 Å². The molecule has 0 bridgehead atoms. The molecule has 0 saturated carbocycles. The van der Waals surface area contributed by atoms with Gasteiger partial charge >= 0.3 is 0 Å². The first-order valence-corrected chi connectivity index (χ1v) is 23.7. The number of rotatable bonds is 9. The van der Waals surface area contributed by atoms with Crippen LogP contribution in [0.3, 0.4) is 0 Å². The zero-order valence-electron chi connectivity index (χ0n) is 69.9. The van der Waals surface area contributed by atoms with Crippen LogP contribution in [0.15, 0.2) is 146 Å². The number of pyridine rings is 4. The van der Waals surface area contributed by atoms with Gasteiger partial charge in [0, 0.05) is 104 Å². The average molecular weight is 1120 g/mol. The molecule has 3 atom stereocenters. The minimum Gasteiger partial charge on any atom is -0.201 e. The van der Waals surface area contributed by atoms with Gasteiger partial charge < -0.3 is 0 Å². The lowest BCUT2D eigenvalue weighted by Crippen LogP contribution is -2.31. The van der Waals surface area contributed by atoms with Gasteiger partial charge in [0.2, 0.25) is 22.8 Å². The van der Waals surface area contributed by atoms with E-state index in [0.717, 1.165) is 72.8 Å².